The van der Waals surface area contributed by atoms with E-state index >= 15 is 0 Å². The van der Waals surface area contributed by atoms with Gasteiger partial charge in [0.05, 0.1) is 13.2 Å². The molecule has 0 aliphatic rings. The minimum absolute atomic E-state index is 0.493. The van der Waals surface area contributed by atoms with Gasteiger partial charge in [0, 0.05) is 6.42 Å². The molecular weight excluding hydrogens is 386 g/mol. The predicted octanol–water partition coefficient (Wildman–Crippen LogP) is 7.09. The molecule has 0 saturated carbocycles. The van der Waals surface area contributed by atoms with Crippen LogP contribution in [0.2, 0.25) is 0 Å². The van der Waals surface area contributed by atoms with E-state index in [2.05, 4.69) is 18.6 Å². The minimum Gasteiger partial charge on any atom is -0.337 e. The van der Waals surface area contributed by atoms with Crippen molar-refractivity contribution in [3.63, 3.8) is 0 Å². The zero-order chi connectivity index (χ0) is 21.6. The smallest absolute Gasteiger partial charge is 0.240 e. The average molecular weight is 436 g/mol. The molecule has 1 atom stereocenters. The van der Waals surface area contributed by atoms with Gasteiger partial charge >= 0.3 is 0 Å². The number of hydrogen-bond acceptors (Lipinski definition) is 3. The Balaban J connectivity index is 3.98. The van der Waals surface area contributed by atoms with Gasteiger partial charge in [-0.3, -0.25) is 4.55 Å². The molecule has 5 nitrogen and oxygen atoms in total. The molecule has 0 aromatic heterocycles. The first-order chi connectivity index (χ1) is 14.1. The maximum Gasteiger partial charge on any atom is 0.240 e. The molecule has 0 heterocycles. The molecule has 0 rings (SSSR count). The topological polar surface area (TPSA) is 67.8 Å². The first-order valence-corrected chi connectivity index (χ1v) is 13.4. The van der Waals surface area contributed by atoms with Crippen LogP contribution in [0.1, 0.15) is 130 Å². The lowest BCUT2D eigenvalue weighted by Gasteiger charge is -2.32. The van der Waals surface area contributed by atoms with E-state index in [1.165, 1.54) is 77.0 Å². The Bertz CT molecular complexity index is 347. The fraction of sp³-hybridized carbons (Fsp3) is 1.00. The second-order valence-corrected chi connectivity index (χ2v) is 8.81. The Hall–Kier alpha value is -0.0100. The number of rotatable bonds is 23. The summed E-state index contributed by atoms with van der Waals surface area (Å²) in [5.74, 6) is -1.15. The van der Waals surface area contributed by atoms with Crippen molar-refractivity contribution >= 4 is 11.3 Å². The molecule has 0 radical (unpaired) electrons. The van der Waals surface area contributed by atoms with Gasteiger partial charge in [-0.25, -0.2) is 4.21 Å². The molecular formula is C23H49NO4S. The molecule has 0 aliphatic heterocycles. The highest BCUT2D eigenvalue weighted by atomic mass is 32.2. The van der Waals surface area contributed by atoms with Gasteiger partial charge in [-0.05, 0) is 12.8 Å². The summed E-state index contributed by atoms with van der Waals surface area (Å²) < 4.78 is 35.1. The van der Waals surface area contributed by atoms with Gasteiger partial charge in [0.25, 0.3) is 0 Å². The molecule has 6 heteroatoms. The quantitative estimate of drug-likeness (QED) is 0.102. The summed E-state index contributed by atoms with van der Waals surface area (Å²) in [6, 6.07) is 0. The van der Waals surface area contributed by atoms with Crippen LogP contribution in [0.5, 0.6) is 0 Å². The van der Waals surface area contributed by atoms with E-state index in [9.17, 15) is 8.76 Å². The standard InChI is InChI=1S/C23H49NO4S/c1-4-7-9-11-13-15-17-19-21-27-23(6-3,24-29(25)26)28-22-20-18-16-14-12-10-8-5-2/h24H,4-22H2,1-3H3,(H,25,26). The predicted molar refractivity (Wildman–Crippen MR) is 124 cm³/mol. The van der Waals surface area contributed by atoms with Gasteiger partial charge < -0.3 is 9.47 Å². The molecule has 0 bridgehead atoms. The molecule has 0 saturated heterocycles. The fourth-order valence-corrected chi connectivity index (χ4v) is 3.98. The second kappa shape index (κ2) is 21.2. The first-order valence-electron chi connectivity index (χ1n) is 12.3. The van der Waals surface area contributed by atoms with E-state index in [-0.39, 0.29) is 0 Å². The molecule has 2 N–H and O–H groups in total. The number of ether oxygens (including phenoxy) is 2. The maximum absolute atomic E-state index is 11.3. The van der Waals surface area contributed by atoms with Crippen LogP contribution in [0.3, 0.4) is 0 Å². The third kappa shape index (κ3) is 18.5. The molecule has 0 aromatic carbocycles. The van der Waals surface area contributed by atoms with Gasteiger partial charge in [-0.2, -0.15) is 4.72 Å². The summed E-state index contributed by atoms with van der Waals surface area (Å²) in [5, 5.41) is 0. The lowest BCUT2D eigenvalue weighted by Crippen LogP contribution is -2.50. The van der Waals surface area contributed by atoms with Crippen molar-refractivity contribution in [1.82, 2.24) is 4.72 Å². The van der Waals surface area contributed by atoms with E-state index < -0.39 is 17.2 Å². The SMILES string of the molecule is CCCCCCCCCCOC(CC)(NS(=O)O)OCCCCCCCCCC. The van der Waals surface area contributed by atoms with E-state index in [0.717, 1.165) is 25.7 Å². The number of hydrogen-bond donors (Lipinski definition) is 2. The van der Waals surface area contributed by atoms with E-state index in [1.807, 2.05) is 6.92 Å². The van der Waals surface area contributed by atoms with Crippen LogP contribution >= 0.6 is 0 Å². The van der Waals surface area contributed by atoms with Crippen molar-refractivity contribution in [2.75, 3.05) is 13.2 Å². The summed E-state index contributed by atoms with van der Waals surface area (Å²) in [6.07, 6.45) is 20.2. The van der Waals surface area contributed by atoms with E-state index in [0.29, 0.717) is 19.6 Å². The van der Waals surface area contributed by atoms with Crippen LogP contribution in [0.15, 0.2) is 0 Å². The third-order valence-corrected chi connectivity index (χ3v) is 5.86. The molecule has 0 amide bonds. The third-order valence-electron chi connectivity index (χ3n) is 5.37. The van der Waals surface area contributed by atoms with E-state index in [1.54, 1.807) is 0 Å². The van der Waals surface area contributed by atoms with Crippen molar-refractivity contribution in [3.05, 3.63) is 0 Å². The van der Waals surface area contributed by atoms with Crippen molar-refractivity contribution in [3.8, 4) is 0 Å². The summed E-state index contributed by atoms with van der Waals surface area (Å²) in [6.45, 7) is 7.49. The van der Waals surface area contributed by atoms with Crippen LogP contribution in [-0.2, 0) is 20.7 Å². The molecule has 29 heavy (non-hydrogen) atoms. The summed E-state index contributed by atoms with van der Waals surface area (Å²) in [5.41, 5.74) is 0. The molecule has 1 unspecified atom stereocenters. The minimum atomic E-state index is -2.16. The highest BCUT2D eigenvalue weighted by molar-refractivity contribution is 7.77. The molecule has 0 fully saturated rings. The lowest BCUT2D eigenvalue weighted by molar-refractivity contribution is -0.247. The van der Waals surface area contributed by atoms with Gasteiger partial charge in [0.15, 0.2) is 0 Å². The Morgan fingerprint density at radius 3 is 1.31 bits per heavy atom. The number of unbranched alkanes of at least 4 members (excludes halogenated alkanes) is 14. The van der Waals surface area contributed by atoms with Gasteiger partial charge in [-0.15, -0.1) is 0 Å². The van der Waals surface area contributed by atoms with Crippen LogP contribution in [0.25, 0.3) is 0 Å². The van der Waals surface area contributed by atoms with Crippen LogP contribution in [0.4, 0.5) is 0 Å². The van der Waals surface area contributed by atoms with Crippen molar-refractivity contribution in [2.45, 2.75) is 136 Å². The van der Waals surface area contributed by atoms with Gasteiger partial charge in [0.2, 0.25) is 17.2 Å². The lowest BCUT2D eigenvalue weighted by atomic mass is 10.1. The monoisotopic (exact) mass is 435 g/mol. The van der Waals surface area contributed by atoms with Crippen LogP contribution < -0.4 is 4.72 Å². The summed E-state index contributed by atoms with van der Waals surface area (Å²) >= 11 is -2.16. The normalized spacial score (nSPS) is 13.1. The number of nitrogens with one attached hydrogen (secondary N) is 1. The highest BCUT2D eigenvalue weighted by Crippen LogP contribution is 2.18. The zero-order valence-corrected chi connectivity index (χ0v) is 20.3. The first kappa shape index (κ1) is 29.0. The Kier molecular flexibility index (Phi) is 21.2. The average Bonchev–Trinajstić information content (AvgIpc) is 2.70. The maximum atomic E-state index is 11.3. The highest BCUT2D eigenvalue weighted by Gasteiger charge is 2.31. The van der Waals surface area contributed by atoms with Gasteiger partial charge in [-0.1, -0.05) is 111 Å². The van der Waals surface area contributed by atoms with Crippen molar-refractivity contribution < 1.29 is 18.2 Å². The fourth-order valence-electron chi connectivity index (χ4n) is 3.46. The van der Waals surface area contributed by atoms with Gasteiger partial charge in [0.1, 0.15) is 0 Å². The van der Waals surface area contributed by atoms with E-state index in [4.69, 9.17) is 9.47 Å². The second-order valence-electron chi connectivity index (χ2n) is 8.10. The molecule has 0 aliphatic carbocycles. The van der Waals surface area contributed by atoms with Crippen molar-refractivity contribution in [2.24, 2.45) is 0 Å². The van der Waals surface area contributed by atoms with Crippen LogP contribution in [0, 0.1) is 0 Å². The Labute approximate surface area is 183 Å². The Morgan fingerprint density at radius 2 is 1.00 bits per heavy atom. The summed E-state index contributed by atoms with van der Waals surface area (Å²) in [7, 11) is 0. The Morgan fingerprint density at radius 1 is 0.655 bits per heavy atom. The molecule has 0 spiro atoms. The zero-order valence-electron chi connectivity index (χ0n) is 19.5. The van der Waals surface area contributed by atoms with Crippen molar-refractivity contribution in [1.29, 1.82) is 0 Å². The molecule has 176 valence electrons. The largest absolute Gasteiger partial charge is 0.337 e. The molecule has 0 aromatic rings. The summed E-state index contributed by atoms with van der Waals surface area (Å²) in [4.78, 5) is 0. The van der Waals surface area contributed by atoms with Crippen LogP contribution in [-0.4, -0.2) is 27.9 Å².